The molecule has 0 saturated heterocycles. The topological polar surface area (TPSA) is 63.6 Å². The summed E-state index contributed by atoms with van der Waals surface area (Å²) < 4.78 is 0. The van der Waals surface area contributed by atoms with Gasteiger partial charge >= 0.3 is 0 Å². The lowest BCUT2D eigenvalue weighted by Crippen LogP contribution is -1.98. The maximum absolute atomic E-state index is 4.36. The van der Waals surface area contributed by atoms with Crippen LogP contribution in [0.1, 0.15) is 5.56 Å². The number of aromatic nitrogens is 4. The largest absolute Gasteiger partial charge is 0.357 e. The first kappa shape index (κ1) is 10.8. The van der Waals surface area contributed by atoms with Gasteiger partial charge in [-0.2, -0.15) is 0 Å². The van der Waals surface area contributed by atoms with Gasteiger partial charge in [0.2, 0.25) is 5.95 Å². The fraction of sp³-hybridized carbons (Fsp3) is 0.200. The number of aryl methyl sites for hydroxylation is 1. The lowest BCUT2D eigenvalue weighted by Gasteiger charge is -2.05. The van der Waals surface area contributed by atoms with E-state index in [2.05, 4.69) is 25.3 Å². The maximum Gasteiger partial charge on any atom is 0.223 e. The van der Waals surface area contributed by atoms with Crippen molar-refractivity contribution in [3.8, 4) is 0 Å². The molecular weight excluding hydrogens is 222 g/mol. The Morgan fingerprint density at radius 1 is 1.19 bits per heavy atom. The number of nitrogens with one attached hydrogen (secondary N) is 1. The number of rotatable bonds is 3. The van der Waals surface area contributed by atoms with Gasteiger partial charge in [0.1, 0.15) is 10.1 Å². The van der Waals surface area contributed by atoms with Crippen LogP contribution >= 0.6 is 11.8 Å². The van der Waals surface area contributed by atoms with Gasteiger partial charge in [-0.15, -0.1) is 0 Å². The second kappa shape index (κ2) is 4.89. The van der Waals surface area contributed by atoms with Gasteiger partial charge in [0, 0.05) is 31.2 Å². The van der Waals surface area contributed by atoms with Gasteiger partial charge in [0.15, 0.2) is 0 Å². The zero-order chi connectivity index (χ0) is 11.4. The van der Waals surface area contributed by atoms with Crippen molar-refractivity contribution in [3.63, 3.8) is 0 Å². The third-order valence-corrected chi connectivity index (χ3v) is 2.92. The summed E-state index contributed by atoms with van der Waals surface area (Å²) >= 11 is 1.48. The van der Waals surface area contributed by atoms with E-state index in [0.717, 1.165) is 15.6 Å². The molecule has 0 radical (unpaired) electrons. The summed E-state index contributed by atoms with van der Waals surface area (Å²) in [6, 6.07) is 0. The van der Waals surface area contributed by atoms with E-state index in [0.29, 0.717) is 5.95 Å². The second-order valence-electron chi connectivity index (χ2n) is 3.08. The van der Waals surface area contributed by atoms with Gasteiger partial charge in [0.05, 0.1) is 6.20 Å². The van der Waals surface area contributed by atoms with Gasteiger partial charge in [-0.25, -0.2) is 15.0 Å². The van der Waals surface area contributed by atoms with Crippen molar-refractivity contribution in [3.05, 3.63) is 30.4 Å². The van der Waals surface area contributed by atoms with Crippen LogP contribution in [0.4, 0.5) is 5.95 Å². The monoisotopic (exact) mass is 233 g/mol. The lowest BCUT2D eigenvalue weighted by atomic mass is 10.4. The van der Waals surface area contributed by atoms with E-state index in [4.69, 9.17) is 0 Å². The molecule has 0 fully saturated rings. The van der Waals surface area contributed by atoms with Crippen LogP contribution in [-0.4, -0.2) is 27.0 Å². The fourth-order valence-electron chi connectivity index (χ4n) is 1.09. The summed E-state index contributed by atoms with van der Waals surface area (Å²) in [5, 5.41) is 4.62. The predicted octanol–water partition coefficient (Wildman–Crippen LogP) is 1.77. The smallest absolute Gasteiger partial charge is 0.223 e. The molecule has 82 valence electrons. The Bertz CT molecular complexity index is 474. The van der Waals surface area contributed by atoms with Gasteiger partial charge in [0.25, 0.3) is 0 Å². The van der Waals surface area contributed by atoms with Crippen molar-refractivity contribution in [2.45, 2.75) is 17.0 Å². The molecular formula is C10H11N5S. The molecule has 0 aliphatic carbocycles. The summed E-state index contributed by atoms with van der Waals surface area (Å²) in [5.41, 5.74) is 1.02. The molecule has 2 rings (SSSR count). The summed E-state index contributed by atoms with van der Waals surface area (Å²) in [6.45, 7) is 1.97. The first-order chi connectivity index (χ1) is 7.79. The Morgan fingerprint density at radius 3 is 2.75 bits per heavy atom. The van der Waals surface area contributed by atoms with Crippen LogP contribution in [0.3, 0.4) is 0 Å². The van der Waals surface area contributed by atoms with Crippen molar-refractivity contribution in [1.29, 1.82) is 0 Å². The minimum atomic E-state index is 0.608. The normalized spacial score (nSPS) is 10.1. The molecule has 0 amide bonds. The van der Waals surface area contributed by atoms with Crippen molar-refractivity contribution in [2.24, 2.45) is 0 Å². The van der Waals surface area contributed by atoms with Crippen molar-refractivity contribution < 1.29 is 0 Å². The number of nitrogens with zero attached hydrogens (tertiary/aromatic N) is 4. The van der Waals surface area contributed by atoms with E-state index in [1.165, 1.54) is 11.8 Å². The standard InChI is InChI=1S/C10H11N5S/c1-7-5-14-10(11-2)15-9(7)16-8-6-12-3-4-13-8/h3-6H,1-2H3,(H,11,14,15). The average Bonchev–Trinajstić information content (AvgIpc) is 2.33. The Hall–Kier alpha value is -1.69. The third-order valence-electron chi connectivity index (χ3n) is 1.89. The zero-order valence-electron chi connectivity index (χ0n) is 9.01. The van der Waals surface area contributed by atoms with Gasteiger partial charge in [-0.1, -0.05) is 0 Å². The Morgan fingerprint density at radius 2 is 2.06 bits per heavy atom. The van der Waals surface area contributed by atoms with Crippen LogP contribution in [0.15, 0.2) is 34.8 Å². The first-order valence-corrected chi connectivity index (χ1v) is 5.56. The Labute approximate surface area is 97.8 Å². The molecule has 0 unspecified atom stereocenters. The lowest BCUT2D eigenvalue weighted by molar-refractivity contribution is 0.991. The molecule has 0 spiro atoms. The molecule has 16 heavy (non-hydrogen) atoms. The predicted molar refractivity (Wildman–Crippen MR) is 62.5 cm³/mol. The van der Waals surface area contributed by atoms with E-state index in [9.17, 15) is 0 Å². The minimum absolute atomic E-state index is 0.608. The van der Waals surface area contributed by atoms with Crippen molar-refractivity contribution in [1.82, 2.24) is 19.9 Å². The number of hydrogen-bond donors (Lipinski definition) is 1. The molecule has 0 aliphatic heterocycles. The van der Waals surface area contributed by atoms with Gasteiger partial charge in [-0.05, 0) is 18.7 Å². The first-order valence-electron chi connectivity index (χ1n) is 4.75. The molecule has 1 N–H and O–H groups in total. The molecule has 2 aromatic heterocycles. The summed E-state index contributed by atoms with van der Waals surface area (Å²) in [5.74, 6) is 0.608. The van der Waals surface area contributed by atoms with Crippen LogP contribution in [0.5, 0.6) is 0 Å². The molecule has 0 atom stereocenters. The van der Waals surface area contributed by atoms with Crippen molar-refractivity contribution >= 4 is 17.7 Å². The van der Waals surface area contributed by atoms with Crippen LogP contribution < -0.4 is 5.32 Å². The van der Waals surface area contributed by atoms with E-state index in [1.807, 2.05) is 6.92 Å². The SMILES string of the molecule is CNc1ncc(C)c(Sc2cnccn2)n1. The molecule has 0 saturated carbocycles. The van der Waals surface area contributed by atoms with E-state index in [1.54, 1.807) is 31.8 Å². The fourth-order valence-corrected chi connectivity index (χ4v) is 1.86. The highest BCUT2D eigenvalue weighted by Crippen LogP contribution is 2.26. The Balaban J connectivity index is 2.27. The number of hydrogen-bond acceptors (Lipinski definition) is 6. The summed E-state index contributed by atoms with van der Waals surface area (Å²) in [7, 11) is 1.79. The van der Waals surface area contributed by atoms with E-state index in [-0.39, 0.29) is 0 Å². The molecule has 2 heterocycles. The molecule has 0 bridgehead atoms. The van der Waals surface area contributed by atoms with Crippen LogP contribution in [0, 0.1) is 6.92 Å². The molecule has 0 aliphatic rings. The zero-order valence-corrected chi connectivity index (χ0v) is 9.82. The highest BCUT2D eigenvalue weighted by Gasteiger charge is 2.05. The molecule has 0 aromatic carbocycles. The molecule has 6 heteroatoms. The van der Waals surface area contributed by atoms with Crippen molar-refractivity contribution in [2.75, 3.05) is 12.4 Å². The minimum Gasteiger partial charge on any atom is -0.357 e. The molecule has 5 nitrogen and oxygen atoms in total. The van der Waals surface area contributed by atoms with Crippen LogP contribution in [0.25, 0.3) is 0 Å². The highest BCUT2D eigenvalue weighted by molar-refractivity contribution is 7.99. The van der Waals surface area contributed by atoms with Gasteiger partial charge in [-0.3, -0.25) is 4.98 Å². The van der Waals surface area contributed by atoms with Crippen LogP contribution in [0.2, 0.25) is 0 Å². The second-order valence-corrected chi connectivity index (χ2v) is 4.09. The van der Waals surface area contributed by atoms with E-state index >= 15 is 0 Å². The maximum atomic E-state index is 4.36. The molecule has 2 aromatic rings. The average molecular weight is 233 g/mol. The summed E-state index contributed by atoms with van der Waals surface area (Å²) in [6.07, 6.45) is 6.82. The van der Waals surface area contributed by atoms with E-state index < -0.39 is 0 Å². The number of anilines is 1. The van der Waals surface area contributed by atoms with Crippen LogP contribution in [-0.2, 0) is 0 Å². The third kappa shape index (κ3) is 2.46. The summed E-state index contributed by atoms with van der Waals surface area (Å²) in [4.78, 5) is 16.7. The quantitative estimate of drug-likeness (QED) is 0.815. The highest BCUT2D eigenvalue weighted by atomic mass is 32.2. The van der Waals surface area contributed by atoms with Gasteiger partial charge < -0.3 is 5.32 Å². The Kier molecular flexibility index (Phi) is 3.31.